The third-order valence-corrected chi connectivity index (χ3v) is 5.48. The SMILES string of the molecule is CCCCC(OC(=O)CCl)c1ccccc1C(=O)Oc1ccc(/C=C/C(=O)OCCCO[N+](=O)[O-])cc1OC. The molecular formula is C27H30ClNO10. The van der Waals surface area contributed by atoms with E-state index < -0.39 is 29.1 Å². The van der Waals surface area contributed by atoms with Gasteiger partial charge in [-0.3, -0.25) is 4.79 Å². The molecule has 1 atom stereocenters. The van der Waals surface area contributed by atoms with Crippen LogP contribution in [0.4, 0.5) is 0 Å². The van der Waals surface area contributed by atoms with Crippen LogP contribution in [-0.4, -0.2) is 49.2 Å². The minimum absolute atomic E-state index is 0.0406. The van der Waals surface area contributed by atoms with Gasteiger partial charge in [-0.25, -0.2) is 9.59 Å². The van der Waals surface area contributed by atoms with Crippen LogP contribution in [0.2, 0.25) is 0 Å². The molecule has 0 bridgehead atoms. The molecule has 0 spiro atoms. The van der Waals surface area contributed by atoms with E-state index in [1.54, 1.807) is 36.4 Å². The first-order valence-electron chi connectivity index (χ1n) is 12.2. The lowest BCUT2D eigenvalue weighted by Gasteiger charge is -2.20. The maximum Gasteiger partial charge on any atom is 0.344 e. The standard InChI is InChI=1S/C27H30ClNO10/c1-3-4-10-22(38-26(31)18-28)20-8-5-6-9-21(20)27(32)39-23-13-11-19(17-24(23)35-2)12-14-25(30)36-15-7-16-37-29(33)34/h5-6,8-9,11-14,17,22H,3-4,7,10,15-16,18H2,1-2H3/b14-12+. The molecule has 0 radical (unpaired) electrons. The van der Waals surface area contributed by atoms with Gasteiger partial charge in [0.15, 0.2) is 11.5 Å². The molecule has 0 amide bonds. The van der Waals surface area contributed by atoms with Crippen LogP contribution in [0.15, 0.2) is 48.5 Å². The second-order valence-corrected chi connectivity index (χ2v) is 8.32. The molecule has 0 aliphatic carbocycles. The Balaban J connectivity index is 2.12. The molecule has 0 N–H and O–H groups in total. The largest absolute Gasteiger partial charge is 0.493 e. The minimum Gasteiger partial charge on any atom is -0.493 e. The normalized spacial score (nSPS) is 11.5. The number of methoxy groups -OCH3 is 1. The van der Waals surface area contributed by atoms with Gasteiger partial charge in [0.1, 0.15) is 12.0 Å². The number of esters is 3. The molecule has 0 saturated heterocycles. The van der Waals surface area contributed by atoms with E-state index in [-0.39, 0.29) is 42.6 Å². The Kier molecular flexibility index (Phi) is 13.3. The zero-order valence-electron chi connectivity index (χ0n) is 21.6. The van der Waals surface area contributed by atoms with Crippen molar-refractivity contribution in [2.24, 2.45) is 0 Å². The number of carbonyl (C=O) groups is 3. The van der Waals surface area contributed by atoms with Crippen molar-refractivity contribution >= 4 is 35.6 Å². The minimum atomic E-state index is -0.918. The average Bonchev–Trinajstić information content (AvgIpc) is 2.94. The maximum absolute atomic E-state index is 13.2. The predicted molar refractivity (Wildman–Crippen MR) is 141 cm³/mol. The Labute approximate surface area is 230 Å². The number of rotatable bonds is 16. The average molecular weight is 564 g/mol. The summed E-state index contributed by atoms with van der Waals surface area (Å²) in [7, 11) is 1.40. The molecule has 12 heteroatoms. The molecule has 11 nitrogen and oxygen atoms in total. The first-order valence-corrected chi connectivity index (χ1v) is 12.7. The second-order valence-electron chi connectivity index (χ2n) is 8.05. The molecule has 0 fully saturated rings. The van der Waals surface area contributed by atoms with E-state index in [0.29, 0.717) is 17.5 Å². The predicted octanol–water partition coefficient (Wildman–Crippen LogP) is 5.08. The van der Waals surface area contributed by atoms with Crippen LogP contribution in [0, 0.1) is 10.1 Å². The molecule has 39 heavy (non-hydrogen) atoms. The van der Waals surface area contributed by atoms with Gasteiger partial charge in [-0.05, 0) is 42.7 Å². The van der Waals surface area contributed by atoms with Gasteiger partial charge in [-0.2, -0.15) is 0 Å². The Morgan fingerprint density at radius 2 is 1.85 bits per heavy atom. The van der Waals surface area contributed by atoms with Crippen molar-refractivity contribution in [1.29, 1.82) is 0 Å². The van der Waals surface area contributed by atoms with Crippen molar-refractivity contribution in [2.75, 3.05) is 26.2 Å². The smallest absolute Gasteiger partial charge is 0.344 e. The lowest BCUT2D eigenvalue weighted by molar-refractivity contribution is -0.757. The van der Waals surface area contributed by atoms with Gasteiger partial charge >= 0.3 is 17.9 Å². The molecular weight excluding hydrogens is 534 g/mol. The van der Waals surface area contributed by atoms with Gasteiger partial charge in [0.25, 0.3) is 5.09 Å². The van der Waals surface area contributed by atoms with Gasteiger partial charge in [-0.1, -0.05) is 37.6 Å². The summed E-state index contributed by atoms with van der Waals surface area (Å²) in [6.45, 7) is 1.79. The Bertz CT molecular complexity index is 1170. The van der Waals surface area contributed by atoms with E-state index in [1.165, 1.54) is 25.3 Å². The number of nitrogens with zero attached hydrogens (tertiary/aromatic N) is 1. The van der Waals surface area contributed by atoms with Crippen molar-refractivity contribution in [3.05, 3.63) is 75.3 Å². The number of unbranched alkanes of at least 4 members (excludes halogenated alkanes) is 1. The van der Waals surface area contributed by atoms with Crippen molar-refractivity contribution in [3.63, 3.8) is 0 Å². The van der Waals surface area contributed by atoms with Crippen LogP contribution in [-0.2, 0) is 23.9 Å². The summed E-state index contributed by atoms with van der Waals surface area (Å²) in [5.41, 5.74) is 1.31. The van der Waals surface area contributed by atoms with Crippen LogP contribution in [0.25, 0.3) is 6.08 Å². The van der Waals surface area contributed by atoms with E-state index in [9.17, 15) is 24.5 Å². The highest BCUT2D eigenvalue weighted by molar-refractivity contribution is 6.26. The molecule has 2 aromatic rings. The van der Waals surface area contributed by atoms with Gasteiger partial charge in [0.2, 0.25) is 0 Å². The lowest BCUT2D eigenvalue weighted by atomic mass is 9.98. The zero-order chi connectivity index (χ0) is 28.6. The fourth-order valence-electron chi connectivity index (χ4n) is 3.43. The van der Waals surface area contributed by atoms with E-state index in [0.717, 1.165) is 12.8 Å². The van der Waals surface area contributed by atoms with E-state index in [2.05, 4.69) is 4.84 Å². The molecule has 0 heterocycles. The monoisotopic (exact) mass is 563 g/mol. The zero-order valence-corrected chi connectivity index (χ0v) is 22.4. The molecule has 2 aromatic carbocycles. The third kappa shape index (κ3) is 10.6. The molecule has 2 rings (SSSR count). The summed E-state index contributed by atoms with van der Waals surface area (Å²) >= 11 is 5.62. The molecule has 0 aromatic heterocycles. The van der Waals surface area contributed by atoms with Crippen LogP contribution in [0.1, 0.15) is 60.2 Å². The van der Waals surface area contributed by atoms with Gasteiger partial charge in [0.05, 0.1) is 25.9 Å². The number of benzene rings is 2. The molecule has 0 saturated carbocycles. The van der Waals surface area contributed by atoms with Crippen LogP contribution in [0.5, 0.6) is 11.5 Å². The van der Waals surface area contributed by atoms with Gasteiger partial charge in [0, 0.05) is 18.1 Å². The number of ether oxygens (including phenoxy) is 4. The van der Waals surface area contributed by atoms with E-state index in [4.69, 9.17) is 30.5 Å². The maximum atomic E-state index is 13.2. The fraction of sp³-hybridized carbons (Fsp3) is 0.370. The number of halogens is 1. The number of hydrogen-bond acceptors (Lipinski definition) is 10. The second kappa shape index (κ2) is 16.7. The fourth-order valence-corrected chi connectivity index (χ4v) is 3.49. The highest BCUT2D eigenvalue weighted by Gasteiger charge is 2.24. The molecule has 0 aliphatic heterocycles. The molecule has 0 aliphatic rings. The van der Waals surface area contributed by atoms with Gasteiger partial charge < -0.3 is 23.8 Å². The topological polar surface area (TPSA) is 141 Å². The first kappa shape index (κ1) is 31.1. The summed E-state index contributed by atoms with van der Waals surface area (Å²) in [6, 6.07) is 11.4. The Morgan fingerprint density at radius 3 is 2.54 bits per heavy atom. The van der Waals surface area contributed by atoms with Crippen LogP contribution >= 0.6 is 11.6 Å². The summed E-state index contributed by atoms with van der Waals surface area (Å²) < 4.78 is 21.4. The number of carbonyl (C=O) groups excluding carboxylic acids is 3. The summed E-state index contributed by atoms with van der Waals surface area (Å²) in [5, 5.41) is 9.17. The summed E-state index contributed by atoms with van der Waals surface area (Å²) in [6.07, 6.45) is 4.34. The van der Waals surface area contributed by atoms with Crippen molar-refractivity contribution in [1.82, 2.24) is 0 Å². The third-order valence-electron chi connectivity index (χ3n) is 5.26. The van der Waals surface area contributed by atoms with Crippen LogP contribution < -0.4 is 9.47 Å². The number of alkyl halides is 1. The quantitative estimate of drug-likeness (QED) is 0.0516. The highest BCUT2D eigenvalue weighted by Crippen LogP contribution is 2.32. The Hall–Kier alpha value is -4.12. The van der Waals surface area contributed by atoms with Crippen molar-refractivity contribution in [2.45, 2.75) is 38.7 Å². The Morgan fingerprint density at radius 1 is 1.08 bits per heavy atom. The van der Waals surface area contributed by atoms with E-state index >= 15 is 0 Å². The molecule has 210 valence electrons. The first-order chi connectivity index (χ1) is 18.8. The van der Waals surface area contributed by atoms with E-state index in [1.807, 2.05) is 6.92 Å². The van der Waals surface area contributed by atoms with Gasteiger partial charge in [-0.15, -0.1) is 21.7 Å². The van der Waals surface area contributed by atoms with Crippen molar-refractivity contribution in [3.8, 4) is 11.5 Å². The highest BCUT2D eigenvalue weighted by atomic mass is 35.5. The summed E-state index contributed by atoms with van der Waals surface area (Å²) in [4.78, 5) is 51.1. The van der Waals surface area contributed by atoms with Crippen LogP contribution in [0.3, 0.4) is 0 Å². The summed E-state index contributed by atoms with van der Waals surface area (Å²) in [5.74, 6) is -1.81. The number of hydrogen-bond donors (Lipinski definition) is 0. The van der Waals surface area contributed by atoms with Crippen molar-refractivity contribution < 1.29 is 43.3 Å². The molecule has 1 unspecified atom stereocenters. The lowest BCUT2D eigenvalue weighted by Crippen LogP contribution is -2.18.